The first-order valence-corrected chi connectivity index (χ1v) is 5.98. The highest BCUT2D eigenvalue weighted by atomic mass is 35.5. The molecule has 0 bridgehead atoms. The number of rotatable bonds is 6. The van der Waals surface area contributed by atoms with Gasteiger partial charge < -0.3 is 9.84 Å². The van der Waals surface area contributed by atoms with Crippen molar-refractivity contribution in [3.8, 4) is 0 Å². The lowest BCUT2D eigenvalue weighted by atomic mass is 10.2. The highest BCUT2D eigenvalue weighted by molar-refractivity contribution is 6.30. The van der Waals surface area contributed by atoms with Gasteiger partial charge in [-0.1, -0.05) is 28.9 Å². The van der Waals surface area contributed by atoms with Crippen molar-refractivity contribution in [3.63, 3.8) is 0 Å². The zero-order chi connectivity index (χ0) is 13.7. The van der Waals surface area contributed by atoms with Crippen molar-refractivity contribution in [1.29, 1.82) is 0 Å². The molecule has 2 rings (SSSR count). The Labute approximate surface area is 114 Å². The number of nitrogens with zero attached hydrogens (tertiary/aromatic N) is 3. The summed E-state index contributed by atoms with van der Waals surface area (Å²) in [4.78, 5) is 10.6. The van der Waals surface area contributed by atoms with E-state index in [0.29, 0.717) is 24.8 Å². The van der Waals surface area contributed by atoms with Crippen molar-refractivity contribution >= 4 is 17.6 Å². The zero-order valence-electron chi connectivity index (χ0n) is 9.99. The van der Waals surface area contributed by atoms with E-state index in [1.807, 2.05) is 12.1 Å². The molecule has 0 aliphatic rings. The average molecular weight is 282 g/mol. The lowest BCUT2D eigenvalue weighted by Gasteiger charge is -2.04. The quantitative estimate of drug-likeness (QED) is 0.818. The summed E-state index contributed by atoms with van der Waals surface area (Å²) in [7, 11) is 0. The minimum atomic E-state index is -1.09. The Morgan fingerprint density at radius 3 is 2.74 bits per heavy atom. The van der Waals surface area contributed by atoms with Gasteiger partial charge in [0.25, 0.3) is 0 Å². The van der Waals surface area contributed by atoms with Gasteiger partial charge in [-0.05, 0) is 17.7 Å². The number of hydrogen-bond donors (Lipinski definition) is 1. The van der Waals surface area contributed by atoms with Crippen LogP contribution in [0.2, 0.25) is 5.02 Å². The van der Waals surface area contributed by atoms with Gasteiger partial charge in [-0.3, -0.25) is 0 Å². The molecule has 6 nitrogen and oxygen atoms in total. The van der Waals surface area contributed by atoms with Gasteiger partial charge in [-0.25, -0.2) is 9.48 Å². The van der Waals surface area contributed by atoms with E-state index in [2.05, 4.69) is 10.3 Å². The lowest BCUT2D eigenvalue weighted by Crippen LogP contribution is -2.06. The summed E-state index contributed by atoms with van der Waals surface area (Å²) in [5.74, 6) is -1.09. The maximum absolute atomic E-state index is 10.6. The second-order valence-corrected chi connectivity index (χ2v) is 4.29. The van der Waals surface area contributed by atoms with Crippen LogP contribution in [0.15, 0.2) is 30.5 Å². The first kappa shape index (κ1) is 13.5. The number of carbonyl (C=O) groups is 1. The molecule has 100 valence electrons. The average Bonchev–Trinajstić information content (AvgIpc) is 2.86. The Morgan fingerprint density at radius 1 is 1.37 bits per heavy atom. The zero-order valence-corrected chi connectivity index (χ0v) is 10.7. The number of hydrogen-bond acceptors (Lipinski definition) is 4. The Bertz CT molecular complexity index is 554. The maximum atomic E-state index is 10.6. The number of ether oxygens (including phenoxy) is 1. The van der Waals surface area contributed by atoms with Crippen LogP contribution in [0.3, 0.4) is 0 Å². The molecule has 0 saturated heterocycles. The number of aromatic carboxylic acids is 1. The predicted molar refractivity (Wildman–Crippen MR) is 68.1 cm³/mol. The molecule has 2 aromatic rings. The maximum Gasteiger partial charge on any atom is 0.358 e. The van der Waals surface area contributed by atoms with Gasteiger partial charge in [-0.2, -0.15) is 0 Å². The van der Waals surface area contributed by atoms with Crippen molar-refractivity contribution < 1.29 is 14.6 Å². The first-order chi connectivity index (χ1) is 9.15. The van der Waals surface area contributed by atoms with Crippen LogP contribution in [0.4, 0.5) is 0 Å². The molecule has 0 unspecified atom stereocenters. The molecule has 0 aliphatic heterocycles. The van der Waals surface area contributed by atoms with Crippen LogP contribution in [-0.4, -0.2) is 32.7 Å². The third-order valence-corrected chi connectivity index (χ3v) is 2.66. The van der Waals surface area contributed by atoms with Crippen molar-refractivity contribution in [3.05, 3.63) is 46.7 Å². The van der Waals surface area contributed by atoms with E-state index >= 15 is 0 Å². The van der Waals surface area contributed by atoms with Crippen molar-refractivity contribution in [2.45, 2.75) is 13.2 Å². The molecule has 1 aromatic carbocycles. The fourth-order valence-corrected chi connectivity index (χ4v) is 1.56. The summed E-state index contributed by atoms with van der Waals surface area (Å²) in [5.41, 5.74) is 0.951. The standard InChI is InChI=1S/C12H12ClN3O3/c13-10-3-1-9(2-4-10)8-19-6-5-16-7-11(12(17)18)14-15-16/h1-4,7H,5-6,8H2,(H,17,18). The molecule has 7 heteroatoms. The van der Waals surface area contributed by atoms with Crippen molar-refractivity contribution in [2.24, 2.45) is 0 Å². The number of benzene rings is 1. The fourth-order valence-electron chi connectivity index (χ4n) is 1.43. The van der Waals surface area contributed by atoms with E-state index in [1.54, 1.807) is 12.1 Å². The summed E-state index contributed by atoms with van der Waals surface area (Å²) in [5, 5.41) is 16.6. The Morgan fingerprint density at radius 2 is 2.11 bits per heavy atom. The Kier molecular flexibility index (Phi) is 4.48. The molecule has 0 atom stereocenters. The van der Waals surface area contributed by atoms with Crippen LogP contribution in [0.25, 0.3) is 0 Å². The molecule has 0 radical (unpaired) electrons. The van der Waals surface area contributed by atoms with E-state index in [1.165, 1.54) is 10.9 Å². The van der Waals surface area contributed by atoms with Crippen LogP contribution in [0.1, 0.15) is 16.1 Å². The van der Waals surface area contributed by atoms with Crippen molar-refractivity contribution in [2.75, 3.05) is 6.61 Å². The number of halogens is 1. The molecular formula is C12H12ClN3O3. The number of aromatic nitrogens is 3. The SMILES string of the molecule is O=C(O)c1cn(CCOCc2ccc(Cl)cc2)nn1. The third kappa shape index (κ3) is 4.04. The van der Waals surface area contributed by atoms with Gasteiger partial charge in [0.05, 0.1) is 26.0 Å². The summed E-state index contributed by atoms with van der Waals surface area (Å²) in [6.07, 6.45) is 1.37. The normalized spacial score (nSPS) is 10.6. The Hall–Kier alpha value is -1.92. The highest BCUT2D eigenvalue weighted by Crippen LogP contribution is 2.10. The van der Waals surface area contributed by atoms with E-state index in [9.17, 15) is 4.79 Å². The summed E-state index contributed by atoms with van der Waals surface area (Å²) >= 11 is 5.77. The van der Waals surface area contributed by atoms with Gasteiger partial charge in [-0.15, -0.1) is 5.10 Å². The van der Waals surface area contributed by atoms with Crippen LogP contribution < -0.4 is 0 Å². The van der Waals surface area contributed by atoms with E-state index in [4.69, 9.17) is 21.4 Å². The second kappa shape index (κ2) is 6.31. The first-order valence-electron chi connectivity index (χ1n) is 5.61. The van der Waals surface area contributed by atoms with Gasteiger partial charge in [0, 0.05) is 5.02 Å². The van der Waals surface area contributed by atoms with Crippen LogP contribution >= 0.6 is 11.6 Å². The van der Waals surface area contributed by atoms with Gasteiger partial charge in [0.2, 0.25) is 0 Å². The molecule has 1 N–H and O–H groups in total. The van der Waals surface area contributed by atoms with Crippen LogP contribution in [0.5, 0.6) is 0 Å². The lowest BCUT2D eigenvalue weighted by molar-refractivity contribution is 0.0690. The summed E-state index contributed by atoms with van der Waals surface area (Å²) in [6.45, 7) is 1.34. The Balaban J connectivity index is 1.74. The number of carboxylic acid groups (broad SMARTS) is 1. The van der Waals surface area contributed by atoms with E-state index < -0.39 is 5.97 Å². The van der Waals surface area contributed by atoms with Crippen LogP contribution in [-0.2, 0) is 17.9 Å². The monoisotopic (exact) mass is 281 g/mol. The minimum Gasteiger partial charge on any atom is -0.476 e. The van der Waals surface area contributed by atoms with Gasteiger partial charge >= 0.3 is 5.97 Å². The second-order valence-electron chi connectivity index (χ2n) is 3.85. The van der Waals surface area contributed by atoms with Gasteiger partial charge in [0.15, 0.2) is 5.69 Å². The molecule has 0 saturated carbocycles. The number of carboxylic acids is 1. The highest BCUT2D eigenvalue weighted by Gasteiger charge is 2.07. The molecule has 0 fully saturated rings. The smallest absolute Gasteiger partial charge is 0.358 e. The summed E-state index contributed by atoms with van der Waals surface area (Å²) in [6, 6.07) is 7.38. The largest absolute Gasteiger partial charge is 0.476 e. The third-order valence-electron chi connectivity index (χ3n) is 2.40. The summed E-state index contributed by atoms with van der Waals surface area (Å²) < 4.78 is 6.89. The van der Waals surface area contributed by atoms with Crippen LogP contribution in [0, 0.1) is 0 Å². The molecule has 0 spiro atoms. The molecule has 0 amide bonds. The van der Waals surface area contributed by atoms with Gasteiger partial charge in [0.1, 0.15) is 0 Å². The molecule has 0 aliphatic carbocycles. The molecule has 19 heavy (non-hydrogen) atoms. The van der Waals surface area contributed by atoms with E-state index in [-0.39, 0.29) is 5.69 Å². The predicted octanol–water partition coefficient (Wildman–Crippen LogP) is 1.85. The molecular weight excluding hydrogens is 270 g/mol. The fraction of sp³-hybridized carbons (Fsp3) is 0.250. The minimum absolute atomic E-state index is 0.0716. The molecule has 1 heterocycles. The van der Waals surface area contributed by atoms with Crippen molar-refractivity contribution in [1.82, 2.24) is 15.0 Å². The van der Waals surface area contributed by atoms with E-state index in [0.717, 1.165) is 5.56 Å². The topological polar surface area (TPSA) is 77.2 Å². The molecule has 1 aromatic heterocycles.